The molecule has 2 unspecified atom stereocenters. The van der Waals surface area contributed by atoms with Gasteiger partial charge in [-0.15, -0.1) is 11.3 Å². The van der Waals surface area contributed by atoms with E-state index in [2.05, 4.69) is 29.8 Å². The Morgan fingerprint density at radius 3 is 2.46 bits per heavy atom. The van der Waals surface area contributed by atoms with Gasteiger partial charge in [0.15, 0.2) is 0 Å². The van der Waals surface area contributed by atoms with Gasteiger partial charge in [0.1, 0.15) is 5.00 Å². The van der Waals surface area contributed by atoms with Crippen LogP contribution in [0.1, 0.15) is 47.5 Å². The Hall–Kier alpha value is -2.09. The third-order valence-corrected chi connectivity index (χ3v) is 6.83. The van der Waals surface area contributed by atoms with E-state index >= 15 is 0 Å². The minimum Gasteiger partial charge on any atom is -0.365 e. The van der Waals surface area contributed by atoms with E-state index in [1.165, 1.54) is 11.3 Å². The molecule has 0 radical (unpaired) electrons. The molecule has 0 saturated carbocycles. The molecule has 2 aliphatic heterocycles. The van der Waals surface area contributed by atoms with E-state index in [0.717, 1.165) is 23.3 Å². The van der Waals surface area contributed by atoms with Gasteiger partial charge in [0.25, 0.3) is 5.91 Å². The van der Waals surface area contributed by atoms with Crippen LogP contribution in [0.2, 0.25) is 5.02 Å². The first-order chi connectivity index (χ1) is 12.2. The summed E-state index contributed by atoms with van der Waals surface area (Å²) in [6.07, 6.45) is 1.93. The van der Waals surface area contributed by atoms with Crippen molar-refractivity contribution in [2.45, 2.75) is 37.8 Å². The Kier molecular flexibility index (Phi) is 3.80. The molecule has 2 aliphatic rings. The van der Waals surface area contributed by atoms with Gasteiger partial charge in [0.05, 0.1) is 11.1 Å². The van der Waals surface area contributed by atoms with Crippen LogP contribution in [0.5, 0.6) is 0 Å². The lowest BCUT2D eigenvalue weighted by atomic mass is 9.81. The number of nitrogens with two attached hydrogens (primary N) is 1. The highest BCUT2D eigenvalue weighted by Crippen LogP contribution is 2.58. The van der Waals surface area contributed by atoms with E-state index in [9.17, 15) is 9.59 Å². The largest absolute Gasteiger partial charge is 0.365 e. The van der Waals surface area contributed by atoms with Crippen LogP contribution >= 0.6 is 22.9 Å². The van der Waals surface area contributed by atoms with Gasteiger partial charge < -0.3 is 11.1 Å². The highest BCUT2D eigenvalue weighted by molar-refractivity contribution is 7.17. The van der Waals surface area contributed by atoms with Crippen LogP contribution in [0.25, 0.3) is 0 Å². The number of anilines is 2. The quantitative estimate of drug-likeness (QED) is 0.638. The number of fused-ring (bicyclic) bond motifs is 5. The molecule has 26 heavy (non-hydrogen) atoms. The Morgan fingerprint density at radius 2 is 1.81 bits per heavy atom. The number of benzene rings is 1. The summed E-state index contributed by atoms with van der Waals surface area (Å²) in [6.45, 7) is 4.21. The van der Waals surface area contributed by atoms with Gasteiger partial charge in [-0.1, -0.05) is 11.6 Å². The van der Waals surface area contributed by atoms with Crippen molar-refractivity contribution in [3.63, 3.8) is 0 Å². The zero-order valence-electron chi connectivity index (χ0n) is 14.4. The first-order valence-electron chi connectivity index (χ1n) is 8.32. The number of carbonyl (C=O) groups excluding carboxylic acids is 2. The molecule has 1 fully saturated rings. The van der Waals surface area contributed by atoms with Crippen LogP contribution in [0.15, 0.2) is 24.3 Å². The monoisotopic (exact) mass is 390 g/mol. The Bertz CT molecular complexity index is 926. The van der Waals surface area contributed by atoms with Crippen LogP contribution in [-0.2, 0) is 11.1 Å². The third kappa shape index (κ3) is 2.58. The molecular weight excluding hydrogens is 372 g/mol. The Labute approximate surface area is 160 Å². The molecule has 0 spiro atoms. The predicted octanol–water partition coefficient (Wildman–Crippen LogP) is 3.97. The number of hydrogen-bond acceptors (Lipinski definition) is 4. The number of thiophene rings is 1. The van der Waals surface area contributed by atoms with Crippen molar-refractivity contribution in [1.29, 1.82) is 0 Å². The lowest BCUT2D eigenvalue weighted by Crippen LogP contribution is -2.36. The summed E-state index contributed by atoms with van der Waals surface area (Å²) >= 11 is 7.27. The van der Waals surface area contributed by atoms with Gasteiger partial charge in [-0.25, -0.2) is 4.79 Å². The van der Waals surface area contributed by atoms with E-state index in [4.69, 9.17) is 17.3 Å². The minimum absolute atomic E-state index is 0.175. The number of urea groups is 1. The first-order valence-corrected chi connectivity index (χ1v) is 9.52. The molecule has 5 N–H and O–H groups in total. The molecule has 4 rings (SSSR count). The predicted molar refractivity (Wildman–Crippen MR) is 104 cm³/mol. The summed E-state index contributed by atoms with van der Waals surface area (Å²) in [7, 11) is 0. The molecule has 1 aromatic heterocycles. The second kappa shape index (κ2) is 5.70. The molecule has 6 nitrogen and oxygen atoms in total. The van der Waals surface area contributed by atoms with Gasteiger partial charge in [-0.3, -0.25) is 15.4 Å². The van der Waals surface area contributed by atoms with Crippen LogP contribution in [-0.4, -0.2) is 11.9 Å². The number of carbonyl (C=O) groups is 2. The van der Waals surface area contributed by atoms with E-state index < -0.39 is 11.9 Å². The summed E-state index contributed by atoms with van der Waals surface area (Å²) in [5.41, 5.74) is 7.17. The van der Waals surface area contributed by atoms with Crippen LogP contribution in [0.3, 0.4) is 0 Å². The van der Waals surface area contributed by atoms with E-state index in [1.54, 1.807) is 24.3 Å². The maximum Gasteiger partial charge on any atom is 0.324 e. The number of nitrogens with one attached hydrogen (secondary N) is 3. The van der Waals surface area contributed by atoms with E-state index in [0.29, 0.717) is 21.3 Å². The van der Waals surface area contributed by atoms with Crippen LogP contribution in [0.4, 0.5) is 15.5 Å². The third-order valence-electron chi connectivity index (χ3n) is 5.21. The number of hydrogen-bond donors (Lipinski definition) is 4. The summed E-state index contributed by atoms with van der Waals surface area (Å²) in [5, 5.41) is 10.2. The van der Waals surface area contributed by atoms with Crippen molar-refractivity contribution in [2.24, 2.45) is 5.73 Å². The Balaban J connectivity index is 1.65. The maximum absolute atomic E-state index is 12.4. The van der Waals surface area contributed by atoms with Gasteiger partial charge in [0.2, 0.25) is 0 Å². The second-order valence-electron chi connectivity index (χ2n) is 7.25. The molecule has 3 heterocycles. The summed E-state index contributed by atoms with van der Waals surface area (Å²) in [5.74, 6) is -0.525. The molecule has 2 aromatic rings. The fourth-order valence-electron chi connectivity index (χ4n) is 4.06. The van der Waals surface area contributed by atoms with Crippen molar-refractivity contribution in [2.75, 3.05) is 10.6 Å². The number of rotatable bonds is 3. The number of amides is 3. The molecule has 2 bridgehead atoms. The molecule has 3 amide bonds. The van der Waals surface area contributed by atoms with Crippen molar-refractivity contribution in [3.8, 4) is 0 Å². The fourth-order valence-corrected chi connectivity index (χ4v) is 5.65. The molecular formula is C18H19ClN4O2S. The lowest BCUT2D eigenvalue weighted by molar-refractivity contribution is 0.0999. The normalized spacial score (nSPS) is 25.8. The van der Waals surface area contributed by atoms with Crippen molar-refractivity contribution < 1.29 is 9.59 Å². The summed E-state index contributed by atoms with van der Waals surface area (Å²) in [6, 6.07) is 6.37. The molecule has 2 atom stereocenters. The topological polar surface area (TPSA) is 96.2 Å². The zero-order valence-corrected chi connectivity index (χ0v) is 16.0. The molecule has 0 aliphatic carbocycles. The van der Waals surface area contributed by atoms with E-state index in [-0.39, 0.29) is 11.1 Å². The molecule has 8 heteroatoms. The Morgan fingerprint density at radius 1 is 1.15 bits per heavy atom. The standard InChI is InChI=1S/C18H19ClN4O2S/c1-17-7-8-18(2,23-17)13-12(17)11(14(20)24)15(26-13)22-16(25)21-10-5-3-9(19)4-6-10/h3-6,23H,7-8H2,1-2H3,(H2,20,24)(H2,21,22,25). The second-order valence-corrected chi connectivity index (χ2v) is 8.71. The fraction of sp³-hybridized carbons (Fsp3) is 0.333. The average molecular weight is 391 g/mol. The number of primary amides is 1. The average Bonchev–Trinajstić information content (AvgIpc) is 3.15. The minimum atomic E-state index is -0.525. The molecule has 1 aromatic carbocycles. The highest BCUT2D eigenvalue weighted by atomic mass is 35.5. The zero-order chi connectivity index (χ0) is 18.7. The van der Waals surface area contributed by atoms with E-state index in [1.807, 2.05) is 0 Å². The SMILES string of the molecule is CC12CCC(C)(N1)c1c2sc(NC(=O)Nc2ccc(Cl)cc2)c1C(N)=O. The van der Waals surface area contributed by atoms with Gasteiger partial charge in [-0.2, -0.15) is 0 Å². The van der Waals surface area contributed by atoms with Crippen molar-refractivity contribution >= 4 is 45.6 Å². The summed E-state index contributed by atoms with van der Waals surface area (Å²) < 4.78 is 0. The number of halogens is 1. The van der Waals surface area contributed by atoms with Gasteiger partial charge in [-0.05, 0) is 51.0 Å². The lowest BCUT2D eigenvalue weighted by Gasteiger charge is -2.22. The van der Waals surface area contributed by atoms with Crippen LogP contribution < -0.4 is 21.7 Å². The van der Waals surface area contributed by atoms with Gasteiger partial charge in [0, 0.05) is 26.7 Å². The molecule has 136 valence electrons. The first kappa shape index (κ1) is 17.3. The van der Waals surface area contributed by atoms with Gasteiger partial charge >= 0.3 is 6.03 Å². The highest BCUT2D eigenvalue weighted by Gasteiger charge is 2.56. The smallest absolute Gasteiger partial charge is 0.324 e. The maximum atomic E-state index is 12.4. The van der Waals surface area contributed by atoms with Crippen molar-refractivity contribution in [1.82, 2.24) is 5.32 Å². The van der Waals surface area contributed by atoms with Crippen LogP contribution in [0, 0.1) is 0 Å². The summed E-state index contributed by atoms with van der Waals surface area (Å²) in [4.78, 5) is 25.6. The molecule has 1 saturated heterocycles. The van der Waals surface area contributed by atoms with Crippen molar-refractivity contribution in [3.05, 3.63) is 45.3 Å².